The Labute approximate surface area is 186 Å². The van der Waals surface area contributed by atoms with Crippen molar-refractivity contribution in [1.82, 2.24) is 9.47 Å². The van der Waals surface area contributed by atoms with Crippen molar-refractivity contribution in [2.75, 3.05) is 6.61 Å². The summed E-state index contributed by atoms with van der Waals surface area (Å²) in [4.78, 5) is 15.1. The van der Waals surface area contributed by atoms with Crippen molar-refractivity contribution >= 4 is 5.97 Å². The molecule has 164 valence electrons. The van der Waals surface area contributed by atoms with Crippen LogP contribution in [0.5, 0.6) is 0 Å². The highest BCUT2D eigenvalue weighted by Crippen LogP contribution is 2.19. The molecule has 1 aromatic heterocycles. The monoisotopic (exact) mass is 418 g/mol. The third-order valence-electron chi connectivity index (χ3n) is 5.51. The smallest absolute Gasteiger partial charge is 0.323 e. The zero-order valence-corrected chi connectivity index (χ0v) is 19.0. The zero-order valence-electron chi connectivity index (χ0n) is 19.0. The van der Waals surface area contributed by atoms with E-state index in [1.165, 1.54) is 22.4 Å². The van der Waals surface area contributed by atoms with Gasteiger partial charge in [-0.15, -0.1) is 0 Å². The summed E-state index contributed by atoms with van der Waals surface area (Å²) < 4.78 is 7.72. The molecular weight excluding hydrogens is 384 g/mol. The molecule has 1 atom stereocenters. The number of carbonyl (C=O) groups is 1. The lowest BCUT2D eigenvalue weighted by atomic mass is 10.1. The molecule has 0 aliphatic rings. The van der Waals surface area contributed by atoms with E-state index in [4.69, 9.17) is 4.74 Å². The van der Waals surface area contributed by atoms with E-state index in [9.17, 15) is 4.79 Å². The number of rotatable bonds is 11. The Bertz CT molecular complexity index is 949. The summed E-state index contributed by atoms with van der Waals surface area (Å²) in [6.45, 7) is 8.74. The molecule has 31 heavy (non-hydrogen) atoms. The largest absolute Gasteiger partial charge is 0.465 e. The normalized spacial score (nSPS) is 12.1. The number of aryl methyl sites for hydroxylation is 1. The lowest BCUT2D eigenvalue weighted by molar-refractivity contribution is -0.150. The minimum atomic E-state index is -0.257. The molecule has 0 saturated heterocycles. The molecule has 2 aromatic carbocycles. The molecule has 1 heterocycles. The maximum atomic E-state index is 12.8. The fraction of sp³-hybridized carbons (Fsp3) is 0.370. The van der Waals surface area contributed by atoms with Crippen LogP contribution in [-0.4, -0.2) is 28.1 Å². The van der Waals surface area contributed by atoms with Crippen molar-refractivity contribution in [2.24, 2.45) is 0 Å². The maximum Gasteiger partial charge on any atom is 0.323 e. The van der Waals surface area contributed by atoms with E-state index in [2.05, 4.69) is 78.0 Å². The van der Waals surface area contributed by atoms with E-state index in [1.54, 1.807) is 0 Å². The number of nitrogens with zero attached hydrogens (tertiary/aromatic N) is 2. The first-order valence-corrected chi connectivity index (χ1v) is 11.2. The van der Waals surface area contributed by atoms with E-state index < -0.39 is 0 Å². The number of carbonyl (C=O) groups excluding carboxylic acids is 1. The van der Waals surface area contributed by atoms with Gasteiger partial charge in [0.1, 0.15) is 6.04 Å². The number of benzene rings is 2. The van der Waals surface area contributed by atoms with E-state index in [1.807, 2.05) is 25.1 Å². The van der Waals surface area contributed by atoms with Crippen LogP contribution in [-0.2, 0) is 29.2 Å². The Morgan fingerprint density at radius 3 is 2.45 bits per heavy atom. The van der Waals surface area contributed by atoms with Gasteiger partial charge >= 0.3 is 5.97 Å². The standard InChI is InChI=1S/C27H34N2O2/c1-4-11-26(27(30)31-5-2)29(19-23-13-7-6-8-14-23)21-25-16-10-17-28(25)20-24-15-9-12-22(3)18-24/h6-10,12-18,26H,4-5,11,19-21H2,1-3H3. The summed E-state index contributed by atoms with van der Waals surface area (Å²) in [5.74, 6) is -0.128. The van der Waals surface area contributed by atoms with Gasteiger partial charge in [0.2, 0.25) is 0 Å². The third-order valence-corrected chi connectivity index (χ3v) is 5.51. The Morgan fingerprint density at radius 1 is 0.968 bits per heavy atom. The van der Waals surface area contributed by atoms with Crippen LogP contribution < -0.4 is 0 Å². The summed E-state index contributed by atoms with van der Waals surface area (Å²) in [5.41, 5.74) is 4.94. The average Bonchev–Trinajstić information content (AvgIpc) is 3.19. The number of ether oxygens (including phenoxy) is 1. The van der Waals surface area contributed by atoms with E-state index in [0.717, 1.165) is 19.4 Å². The molecule has 0 fully saturated rings. The first-order chi connectivity index (χ1) is 15.1. The number of hydrogen-bond donors (Lipinski definition) is 0. The third kappa shape index (κ3) is 6.56. The van der Waals surface area contributed by atoms with Gasteiger partial charge in [0.25, 0.3) is 0 Å². The highest BCUT2D eigenvalue weighted by molar-refractivity contribution is 5.75. The average molecular weight is 419 g/mol. The molecule has 1 unspecified atom stereocenters. The van der Waals surface area contributed by atoms with Crippen LogP contribution in [0.3, 0.4) is 0 Å². The lowest BCUT2D eigenvalue weighted by Gasteiger charge is -2.30. The van der Waals surface area contributed by atoms with Crippen molar-refractivity contribution in [3.63, 3.8) is 0 Å². The molecule has 3 rings (SSSR count). The van der Waals surface area contributed by atoms with Gasteiger partial charge in [-0.25, -0.2) is 0 Å². The minimum absolute atomic E-state index is 0.128. The molecule has 4 nitrogen and oxygen atoms in total. The molecule has 0 bridgehead atoms. The molecule has 0 spiro atoms. The Hall–Kier alpha value is -2.85. The zero-order chi connectivity index (χ0) is 22.1. The van der Waals surface area contributed by atoms with Crippen molar-refractivity contribution in [3.05, 3.63) is 95.3 Å². The van der Waals surface area contributed by atoms with Gasteiger partial charge in [-0.05, 0) is 43.5 Å². The van der Waals surface area contributed by atoms with Crippen LogP contribution in [0.1, 0.15) is 49.1 Å². The highest BCUT2D eigenvalue weighted by atomic mass is 16.5. The topological polar surface area (TPSA) is 34.5 Å². The fourth-order valence-corrected chi connectivity index (χ4v) is 4.02. The van der Waals surface area contributed by atoms with Gasteiger partial charge in [-0.2, -0.15) is 0 Å². The quantitative estimate of drug-likeness (QED) is 0.381. The molecule has 4 heteroatoms. The van der Waals surface area contributed by atoms with Crippen molar-refractivity contribution < 1.29 is 9.53 Å². The molecule has 0 aliphatic carbocycles. The predicted octanol–water partition coefficient (Wildman–Crippen LogP) is 5.58. The van der Waals surface area contributed by atoms with Crippen LogP contribution in [0.2, 0.25) is 0 Å². The summed E-state index contributed by atoms with van der Waals surface area (Å²) >= 11 is 0. The Morgan fingerprint density at radius 2 is 1.74 bits per heavy atom. The Balaban J connectivity index is 1.86. The molecule has 0 amide bonds. The molecule has 0 saturated carbocycles. The molecular formula is C27H34N2O2. The highest BCUT2D eigenvalue weighted by Gasteiger charge is 2.27. The number of esters is 1. The fourth-order valence-electron chi connectivity index (χ4n) is 4.02. The molecule has 0 radical (unpaired) electrons. The number of hydrogen-bond acceptors (Lipinski definition) is 3. The first kappa shape index (κ1) is 22.8. The van der Waals surface area contributed by atoms with Gasteiger partial charge in [-0.3, -0.25) is 9.69 Å². The van der Waals surface area contributed by atoms with Gasteiger partial charge in [-0.1, -0.05) is 73.5 Å². The second-order valence-electron chi connectivity index (χ2n) is 8.06. The predicted molar refractivity (Wildman–Crippen MR) is 126 cm³/mol. The van der Waals surface area contributed by atoms with Gasteiger partial charge in [0.15, 0.2) is 0 Å². The van der Waals surface area contributed by atoms with E-state index >= 15 is 0 Å². The summed E-state index contributed by atoms with van der Waals surface area (Å²) in [6.07, 6.45) is 3.83. The minimum Gasteiger partial charge on any atom is -0.465 e. The maximum absolute atomic E-state index is 12.8. The first-order valence-electron chi connectivity index (χ1n) is 11.2. The van der Waals surface area contributed by atoms with Crippen molar-refractivity contribution in [3.8, 4) is 0 Å². The number of aromatic nitrogens is 1. The van der Waals surface area contributed by atoms with E-state index in [-0.39, 0.29) is 12.0 Å². The lowest BCUT2D eigenvalue weighted by Crippen LogP contribution is -2.41. The summed E-state index contributed by atoms with van der Waals surface area (Å²) in [5, 5.41) is 0. The molecule has 3 aromatic rings. The van der Waals surface area contributed by atoms with Gasteiger partial charge < -0.3 is 9.30 Å². The van der Waals surface area contributed by atoms with E-state index in [0.29, 0.717) is 19.7 Å². The van der Waals surface area contributed by atoms with Crippen LogP contribution in [0.15, 0.2) is 72.9 Å². The SMILES string of the molecule is CCCC(C(=O)OCC)N(Cc1ccccc1)Cc1cccn1Cc1cccc(C)c1. The van der Waals surface area contributed by atoms with Crippen LogP contribution in [0.25, 0.3) is 0 Å². The van der Waals surface area contributed by atoms with Crippen LogP contribution in [0.4, 0.5) is 0 Å². The van der Waals surface area contributed by atoms with Crippen molar-refractivity contribution in [1.29, 1.82) is 0 Å². The van der Waals surface area contributed by atoms with Crippen LogP contribution >= 0.6 is 0 Å². The molecule has 0 aliphatic heterocycles. The second kappa shape index (κ2) is 11.5. The van der Waals surface area contributed by atoms with Gasteiger partial charge in [0.05, 0.1) is 6.61 Å². The summed E-state index contributed by atoms with van der Waals surface area (Å²) in [6, 6.07) is 23.0. The van der Waals surface area contributed by atoms with Crippen molar-refractivity contribution in [2.45, 2.75) is 59.3 Å². The molecule has 0 N–H and O–H groups in total. The van der Waals surface area contributed by atoms with Gasteiger partial charge in [0, 0.05) is 31.5 Å². The Kier molecular flexibility index (Phi) is 8.48. The second-order valence-corrected chi connectivity index (χ2v) is 8.06. The van der Waals surface area contributed by atoms with Crippen LogP contribution in [0, 0.1) is 6.92 Å². The summed E-state index contributed by atoms with van der Waals surface area (Å²) in [7, 11) is 0.